The minimum atomic E-state index is -3.41. The second kappa shape index (κ2) is 7.94. The van der Waals surface area contributed by atoms with Crippen molar-refractivity contribution in [1.82, 2.24) is 23.8 Å². The van der Waals surface area contributed by atoms with Crippen molar-refractivity contribution in [2.45, 2.75) is 32.2 Å². The van der Waals surface area contributed by atoms with Gasteiger partial charge in [-0.3, -0.25) is 0 Å². The maximum absolute atomic E-state index is 12.5. The molecule has 1 fully saturated rings. The monoisotopic (exact) mass is 473 g/mol. The minimum Gasteiger partial charge on any atom is -0.346 e. The Labute approximate surface area is 197 Å². The normalized spacial score (nSPS) is 15.8. The summed E-state index contributed by atoms with van der Waals surface area (Å²) in [5, 5.41) is 21.7. The third kappa shape index (κ3) is 3.11. The number of benzene rings is 1. The summed E-state index contributed by atoms with van der Waals surface area (Å²) in [6.45, 7) is 3.95. The summed E-state index contributed by atoms with van der Waals surface area (Å²) in [5.41, 5.74) is 3.37. The summed E-state index contributed by atoms with van der Waals surface area (Å²) in [6.07, 6.45) is 4.12. The van der Waals surface area contributed by atoms with Crippen LogP contribution in [0.15, 0.2) is 36.8 Å². The van der Waals surface area contributed by atoms with Crippen LogP contribution in [0.25, 0.3) is 33.2 Å². The minimum absolute atomic E-state index is 0.00912. The number of H-pyrrole nitrogens is 1. The standard InChI is InChI=1S/C24H23N7O2S/c1-3-16-5-6-17-19(11-16)31(24(8-9-25)13-30(14-24)34(32,33)4-2)20(12-26)21(17)22-18-7-10-27-23(18)29-15-28-22/h5-7,10-11,15H,3-4,8,13-14H2,1-2H3,(H,27,28,29). The average molecular weight is 474 g/mol. The second-order valence-electron chi connectivity index (χ2n) is 8.57. The molecule has 0 radical (unpaired) electrons. The van der Waals surface area contributed by atoms with Crippen LogP contribution < -0.4 is 0 Å². The highest BCUT2D eigenvalue weighted by atomic mass is 32.2. The summed E-state index contributed by atoms with van der Waals surface area (Å²) >= 11 is 0. The van der Waals surface area contributed by atoms with Gasteiger partial charge in [0, 0.05) is 35.6 Å². The zero-order valence-corrected chi connectivity index (χ0v) is 19.7. The molecule has 34 heavy (non-hydrogen) atoms. The first kappa shape index (κ1) is 22.1. The van der Waals surface area contributed by atoms with Gasteiger partial charge < -0.3 is 9.55 Å². The molecule has 0 spiro atoms. The maximum Gasteiger partial charge on any atom is 0.213 e. The molecular weight excluding hydrogens is 450 g/mol. The molecule has 9 nitrogen and oxygen atoms in total. The molecule has 1 aromatic carbocycles. The molecule has 0 amide bonds. The van der Waals surface area contributed by atoms with Crippen molar-refractivity contribution in [2.75, 3.05) is 18.8 Å². The molecule has 1 aliphatic heterocycles. The van der Waals surface area contributed by atoms with Crippen LogP contribution in [0.5, 0.6) is 0 Å². The molecule has 3 aromatic heterocycles. The van der Waals surface area contributed by atoms with Crippen molar-refractivity contribution in [3.63, 3.8) is 0 Å². The highest BCUT2D eigenvalue weighted by Gasteiger charge is 2.51. The van der Waals surface area contributed by atoms with Crippen molar-refractivity contribution < 1.29 is 8.42 Å². The van der Waals surface area contributed by atoms with Gasteiger partial charge in [-0.1, -0.05) is 19.1 Å². The number of hydrogen-bond acceptors (Lipinski definition) is 6. The lowest BCUT2D eigenvalue weighted by Gasteiger charge is -2.49. The fraction of sp³-hybridized carbons (Fsp3) is 0.333. The number of nitrogens with zero attached hydrogens (tertiary/aromatic N) is 6. The molecule has 1 aliphatic rings. The molecule has 4 heterocycles. The van der Waals surface area contributed by atoms with Crippen molar-refractivity contribution in [2.24, 2.45) is 0 Å². The van der Waals surface area contributed by atoms with Gasteiger partial charge in [0.1, 0.15) is 23.7 Å². The number of aryl methyl sites for hydroxylation is 1. The third-order valence-corrected chi connectivity index (χ3v) is 8.49. The maximum atomic E-state index is 12.5. The van der Waals surface area contributed by atoms with Gasteiger partial charge in [-0.2, -0.15) is 14.8 Å². The SMILES string of the molecule is CCc1ccc2c(-c3ncnc4[nH]ccc34)c(C#N)n(C3(CC#N)CN(S(=O)(=O)CC)C3)c2c1. The van der Waals surface area contributed by atoms with Gasteiger partial charge >= 0.3 is 0 Å². The van der Waals surface area contributed by atoms with Crippen LogP contribution >= 0.6 is 0 Å². The van der Waals surface area contributed by atoms with E-state index >= 15 is 0 Å². The molecule has 0 atom stereocenters. The third-order valence-electron chi connectivity index (χ3n) is 6.72. The highest BCUT2D eigenvalue weighted by molar-refractivity contribution is 7.89. The smallest absolute Gasteiger partial charge is 0.213 e. The first-order valence-electron chi connectivity index (χ1n) is 11.1. The quantitative estimate of drug-likeness (QED) is 0.457. The van der Waals surface area contributed by atoms with E-state index in [0.29, 0.717) is 22.6 Å². The number of aromatic amines is 1. The number of rotatable bonds is 6. The van der Waals surface area contributed by atoms with Crippen molar-refractivity contribution >= 4 is 32.0 Å². The van der Waals surface area contributed by atoms with E-state index in [1.54, 1.807) is 13.1 Å². The average Bonchev–Trinajstić information content (AvgIpc) is 3.43. The molecule has 0 unspecified atom stereocenters. The molecule has 0 aliphatic carbocycles. The lowest BCUT2D eigenvalue weighted by molar-refractivity contribution is 0.0885. The van der Waals surface area contributed by atoms with Crippen LogP contribution in [-0.2, 0) is 22.0 Å². The Morgan fingerprint density at radius 3 is 2.62 bits per heavy atom. The summed E-state index contributed by atoms with van der Waals surface area (Å²) < 4.78 is 28.3. The lowest BCUT2D eigenvalue weighted by atomic mass is 9.88. The van der Waals surface area contributed by atoms with Gasteiger partial charge in [0.2, 0.25) is 10.0 Å². The van der Waals surface area contributed by atoms with Gasteiger partial charge in [0.15, 0.2) is 0 Å². The fourth-order valence-corrected chi connectivity index (χ4v) is 6.17. The largest absolute Gasteiger partial charge is 0.346 e. The van der Waals surface area contributed by atoms with E-state index in [1.165, 1.54) is 10.6 Å². The second-order valence-corrected chi connectivity index (χ2v) is 10.8. The number of nitriles is 2. The molecule has 0 bridgehead atoms. The highest BCUT2D eigenvalue weighted by Crippen LogP contribution is 2.44. The Kier molecular flexibility index (Phi) is 5.16. The van der Waals surface area contributed by atoms with Crippen LogP contribution in [0.3, 0.4) is 0 Å². The Hall–Kier alpha value is -3.73. The van der Waals surface area contributed by atoms with E-state index in [-0.39, 0.29) is 25.3 Å². The summed E-state index contributed by atoms with van der Waals surface area (Å²) in [5.74, 6) is -0.00912. The van der Waals surface area contributed by atoms with Gasteiger partial charge in [0.25, 0.3) is 0 Å². The van der Waals surface area contributed by atoms with Crippen LogP contribution in [-0.4, -0.2) is 51.1 Å². The van der Waals surface area contributed by atoms with Gasteiger partial charge in [-0.25, -0.2) is 18.4 Å². The molecule has 1 saturated heterocycles. The predicted molar refractivity (Wildman–Crippen MR) is 128 cm³/mol. The van der Waals surface area contributed by atoms with E-state index in [1.807, 2.05) is 28.8 Å². The molecule has 10 heteroatoms. The fourth-order valence-electron chi connectivity index (χ4n) is 4.93. The number of aromatic nitrogens is 4. The van der Waals surface area contributed by atoms with E-state index in [2.05, 4.69) is 34.0 Å². The first-order chi connectivity index (χ1) is 16.4. The number of sulfonamides is 1. The zero-order chi connectivity index (χ0) is 24.1. The number of fused-ring (bicyclic) bond motifs is 2. The Bertz CT molecular complexity index is 1610. The zero-order valence-electron chi connectivity index (χ0n) is 18.9. The first-order valence-corrected chi connectivity index (χ1v) is 12.7. The van der Waals surface area contributed by atoms with Crippen molar-refractivity contribution in [3.8, 4) is 23.4 Å². The number of nitrogens with one attached hydrogen (secondary N) is 1. The van der Waals surface area contributed by atoms with Gasteiger partial charge in [-0.05, 0) is 31.0 Å². The summed E-state index contributed by atoms with van der Waals surface area (Å²) in [7, 11) is -3.41. The Morgan fingerprint density at radius 1 is 1.15 bits per heavy atom. The van der Waals surface area contributed by atoms with E-state index < -0.39 is 15.6 Å². The number of hydrogen-bond donors (Lipinski definition) is 1. The molecule has 4 aromatic rings. The van der Waals surface area contributed by atoms with Crippen LogP contribution in [0, 0.1) is 22.7 Å². The van der Waals surface area contributed by atoms with E-state index in [4.69, 9.17) is 0 Å². The Morgan fingerprint density at radius 2 is 1.94 bits per heavy atom. The lowest BCUT2D eigenvalue weighted by Crippen LogP contribution is -2.64. The Balaban J connectivity index is 1.83. The molecular formula is C24H23N7O2S. The summed E-state index contributed by atoms with van der Waals surface area (Å²) in [4.78, 5) is 11.9. The predicted octanol–water partition coefficient (Wildman–Crippen LogP) is 3.29. The van der Waals surface area contributed by atoms with Crippen molar-refractivity contribution in [3.05, 3.63) is 48.0 Å². The molecule has 1 N–H and O–H groups in total. The van der Waals surface area contributed by atoms with Crippen LogP contribution in [0.1, 0.15) is 31.5 Å². The van der Waals surface area contributed by atoms with Crippen LogP contribution in [0.2, 0.25) is 0 Å². The van der Waals surface area contributed by atoms with Crippen LogP contribution in [0.4, 0.5) is 0 Å². The molecule has 5 rings (SSSR count). The molecule has 172 valence electrons. The van der Waals surface area contributed by atoms with Gasteiger partial charge in [-0.15, -0.1) is 0 Å². The molecule has 0 saturated carbocycles. The topological polar surface area (TPSA) is 131 Å². The van der Waals surface area contributed by atoms with E-state index in [9.17, 15) is 18.9 Å². The van der Waals surface area contributed by atoms with E-state index in [0.717, 1.165) is 28.3 Å². The van der Waals surface area contributed by atoms with Crippen molar-refractivity contribution in [1.29, 1.82) is 10.5 Å². The van der Waals surface area contributed by atoms with Gasteiger partial charge in [0.05, 0.1) is 35.0 Å². The summed E-state index contributed by atoms with van der Waals surface area (Å²) in [6, 6.07) is 12.5.